The summed E-state index contributed by atoms with van der Waals surface area (Å²) in [4.78, 5) is 2.26. The fourth-order valence-electron chi connectivity index (χ4n) is 2.24. The van der Waals surface area contributed by atoms with Crippen LogP contribution in [0.25, 0.3) is 10.8 Å². The molecule has 90 valence electrons. The molecule has 0 atom stereocenters. The van der Waals surface area contributed by atoms with Crippen LogP contribution in [0, 0.1) is 12.7 Å². The standard InChI is InChI=1S/C15H18FN/c1-4-17(5-2)13-6-7-14-12(10-13)8-11(3)9-15(14)16/h6-10H,4-5H2,1-3H3. The minimum atomic E-state index is -0.133. The van der Waals surface area contributed by atoms with Crippen LogP contribution in [0.4, 0.5) is 10.1 Å². The molecule has 0 aromatic heterocycles. The van der Waals surface area contributed by atoms with E-state index < -0.39 is 0 Å². The number of hydrogen-bond acceptors (Lipinski definition) is 1. The van der Waals surface area contributed by atoms with Gasteiger partial charge in [-0.15, -0.1) is 0 Å². The Kier molecular flexibility index (Phi) is 3.32. The second-order valence-corrected chi connectivity index (χ2v) is 4.32. The van der Waals surface area contributed by atoms with Crippen molar-refractivity contribution in [1.82, 2.24) is 0 Å². The van der Waals surface area contributed by atoms with Crippen LogP contribution in [0.2, 0.25) is 0 Å². The van der Waals surface area contributed by atoms with Crippen molar-refractivity contribution >= 4 is 16.5 Å². The minimum Gasteiger partial charge on any atom is -0.372 e. The number of anilines is 1. The van der Waals surface area contributed by atoms with Crippen LogP contribution in [0.1, 0.15) is 19.4 Å². The van der Waals surface area contributed by atoms with E-state index in [4.69, 9.17) is 0 Å². The van der Waals surface area contributed by atoms with Crippen LogP contribution in [-0.2, 0) is 0 Å². The van der Waals surface area contributed by atoms with E-state index in [2.05, 4.69) is 24.8 Å². The summed E-state index contributed by atoms with van der Waals surface area (Å²) >= 11 is 0. The van der Waals surface area contributed by atoms with Crippen molar-refractivity contribution in [3.63, 3.8) is 0 Å². The first kappa shape index (κ1) is 11.9. The zero-order valence-corrected chi connectivity index (χ0v) is 10.6. The summed E-state index contributed by atoms with van der Waals surface area (Å²) in [5.74, 6) is -0.133. The van der Waals surface area contributed by atoms with E-state index in [1.54, 1.807) is 6.07 Å². The van der Waals surface area contributed by atoms with E-state index in [0.717, 1.165) is 29.7 Å². The van der Waals surface area contributed by atoms with E-state index in [1.165, 1.54) is 0 Å². The fraction of sp³-hybridized carbons (Fsp3) is 0.333. The van der Waals surface area contributed by atoms with Crippen molar-refractivity contribution in [2.45, 2.75) is 20.8 Å². The van der Waals surface area contributed by atoms with Gasteiger partial charge in [-0.05, 0) is 56.0 Å². The molecule has 0 bridgehead atoms. The predicted molar refractivity (Wildman–Crippen MR) is 72.2 cm³/mol. The van der Waals surface area contributed by atoms with Gasteiger partial charge in [0, 0.05) is 24.2 Å². The van der Waals surface area contributed by atoms with Gasteiger partial charge in [0.25, 0.3) is 0 Å². The van der Waals surface area contributed by atoms with Crippen molar-refractivity contribution in [2.24, 2.45) is 0 Å². The molecule has 17 heavy (non-hydrogen) atoms. The van der Waals surface area contributed by atoms with Crippen LogP contribution in [-0.4, -0.2) is 13.1 Å². The van der Waals surface area contributed by atoms with E-state index >= 15 is 0 Å². The van der Waals surface area contributed by atoms with Gasteiger partial charge in [0.1, 0.15) is 5.82 Å². The highest BCUT2D eigenvalue weighted by Gasteiger charge is 2.06. The molecule has 2 aromatic carbocycles. The Balaban J connectivity index is 2.57. The molecule has 2 rings (SSSR count). The molecule has 0 saturated carbocycles. The summed E-state index contributed by atoms with van der Waals surface area (Å²) < 4.78 is 13.7. The normalized spacial score (nSPS) is 10.8. The van der Waals surface area contributed by atoms with Crippen LogP contribution in [0.3, 0.4) is 0 Å². The first-order valence-electron chi connectivity index (χ1n) is 6.10. The zero-order valence-electron chi connectivity index (χ0n) is 10.6. The maximum atomic E-state index is 13.7. The lowest BCUT2D eigenvalue weighted by Crippen LogP contribution is -2.21. The lowest BCUT2D eigenvalue weighted by Gasteiger charge is -2.21. The van der Waals surface area contributed by atoms with E-state index in [1.807, 2.05) is 25.1 Å². The van der Waals surface area contributed by atoms with Gasteiger partial charge in [-0.3, -0.25) is 0 Å². The average molecular weight is 231 g/mol. The second kappa shape index (κ2) is 4.74. The monoisotopic (exact) mass is 231 g/mol. The molecule has 0 amide bonds. The molecular formula is C15H18FN. The Morgan fingerprint density at radius 1 is 1.06 bits per heavy atom. The molecule has 0 aliphatic rings. The lowest BCUT2D eigenvalue weighted by molar-refractivity contribution is 0.639. The highest BCUT2D eigenvalue weighted by atomic mass is 19.1. The third-order valence-electron chi connectivity index (χ3n) is 3.16. The molecule has 0 spiro atoms. The van der Waals surface area contributed by atoms with E-state index in [-0.39, 0.29) is 5.82 Å². The van der Waals surface area contributed by atoms with Gasteiger partial charge in [-0.2, -0.15) is 0 Å². The summed E-state index contributed by atoms with van der Waals surface area (Å²) in [7, 11) is 0. The molecule has 0 aliphatic carbocycles. The van der Waals surface area contributed by atoms with Crippen LogP contribution in [0.15, 0.2) is 30.3 Å². The van der Waals surface area contributed by atoms with Gasteiger partial charge in [0.2, 0.25) is 0 Å². The first-order chi connectivity index (χ1) is 8.15. The van der Waals surface area contributed by atoms with Gasteiger partial charge in [-0.1, -0.05) is 6.07 Å². The number of nitrogens with zero attached hydrogens (tertiary/aromatic N) is 1. The third-order valence-corrected chi connectivity index (χ3v) is 3.16. The number of benzene rings is 2. The van der Waals surface area contributed by atoms with Gasteiger partial charge in [0.05, 0.1) is 0 Å². The van der Waals surface area contributed by atoms with Gasteiger partial charge in [-0.25, -0.2) is 4.39 Å². The fourth-order valence-corrected chi connectivity index (χ4v) is 2.24. The summed E-state index contributed by atoms with van der Waals surface area (Å²) in [6.07, 6.45) is 0. The maximum absolute atomic E-state index is 13.7. The highest BCUT2D eigenvalue weighted by Crippen LogP contribution is 2.25. The molecular weight excluding hydrogens is 213 g/mol. The molecule has 1 nitrogen and oxygen atoms in total. The Morgan fingerprint density at radius 3 is 2.41 bits per heavy atom. The maximum Gasteiger partial charge on any atom is 0.131 e. The molecule has 0 saturated heterocycles. The average Bonchev–Trinajstić information content (AvgIpc) is 2.30. The van der Waals surface area contributed by atoms with Crippen molar-refractivity contribution < 1.29 is 4.39 Å². The Bertz CT molecular complexity index is 530. The molecule has 0 radical (unpaired) electrons. The SMILES string of the molecule is CCN(CC)c1ccc2c(F)cc(C)cc2c1. The zero-order chi connectivity index (χ0) is 12.4. The quantitative estimate of drug-likeness (QED) is 0.767. The number of rotatable bonds is 3. The molecule has 2 heteroatoms. The number of hydrogen-bond donors (Lipinski definition) is 0. The highest BCUT2D eigenvalue weighted by molar-refractivity contribution is 5.87. The van der Waals surface area contributed by atoms with Gasteiger partial charge < -0.3 is 4.90 Å². The summed E-state index contributed by atoms with van der Waals surface area (Å²) in [6.45, 7) is 8.12. The largest absolute Gasteiger partial charge is 0.372 e. The molecule has 0 heterocycles. The van der Waals surface area contributed by atoms with Crippen molar-refractivity contribution in [3.8, 4) is 0 Å². The topological polar surface area (TPSA) is 3.24 Å². The molecule has 0 aliphatic heterocycles. The van der Waals surface area contributed by atoms with Gasteiger partial charge >= 0.3 is 0 Å². The summed E-state index contributed by atoms with van der Waals surface area (Å²) in [5.41, 5.74) is 2.12. The lowest BCUT2D eigenvalue weighted by atomic mass is 10.1. The second-order valence-electron chi connectivity index (χ2n) is 4.32. The third kappa shape index (κ3) is 2.26. The van der Waals surface area contributed by atoms with Crippen LogP contribution in [0.5, 0.6) is 0 Å². The van der Waals surface area contributed by atoms with Gasteiger partial charge in [0.15, 0.2) is 0 Å². The minimum absolute atomic E-state index is 0.133. The smallest absolute Gasteiger partial charge is 0.131 e. The van der Waals surface area contributed by atoms with Crippen molar-refractivity contribution in [1.29, 1.82) is 0 Å². The van der Waals surface area contributed by atoms with Crippen LogP contribution < -0.4 is 4.90 Å². The van der Waals surface area contributed by atoms with Crippen molar-refractivity contribution in [3.05, 3.63) is 41.7 Å². The summed E-state index contributed by atoms with van der Waals surface area (Å²) in [5, 5.41) is 1.68. The van der Waals surface area contributed by atoms with Crippen LogP contribution >= 0.6 is 0 Å². The Hall–Kier alpha value is -1.57. The molecule has 0 fully saturated rings. The molecule has 0 N–H and O–H groups in total. The number of aryl methyl sites for hydroxylation is 1. The first-order valence-corrected chi connectivity index (χ1v) is 6.10. The molecule has 2 aromatic rings. The van der Waals surface area contributed by atoms with Crippen molar-refractivity contribution in [2.75, 3.05) is 18.0 Å². The van der Waals surface area contributed by atoms with E-state index in [0.29, 0.717) is 5.39 Å². The van der Waals surface area contributed by atoms with E-state index in [9.17, 15) is 4.39 Å². The number of fused-ring (bicyclic) bond motifs is 1. The predicted octanol–water partition coefficient (Wildman–Crippen LogP) is 4.13. The number of halogens is 1. The Morgan fingerprint density at radius 2 is 1.76 bits per heavy atom. The molecule has 0 unspecified atom stereocenters. The summed E-state index contributed by atoms with van der Waals surface area (Å²) in [6, 6.07) is 9.55. The Labute approximate surface area is 102 Å².